The summed E-state index contributed by atoms with van der Waals surface area (Å²) < 4.78 is 27.9. The van der Waals surface area contributed by atoms with E-state index in [1.54, 1.807) is 6.07 Å². The normalized spacial score (nSPS) is 16.6. The van der Waals surface area contributed by atoms with Crippen molar-refractivity contribution in [2.75, 3.05) is 6.54 Å². The molecule has 0 unspecified atom stereocenters. The molecule has 1 amide bonds. The van der Waals surface area contributed by atoms with Crippen molar-refractivity contribution in [3.05, 3.63) is 60.4 Å². The van der Waals surface area contributed by atoms with Crippen LogP contribution in [0, 0.1) is 0 Å². The van der Waals surface area contributed by atoms with Crippen molar-refractivity contribution in [1.29, 1.82) is 0 Å². The lowest BCUT2D eigenvalue weighted by Crippen LogP contribution is -2.50. The van der Waals surface area contributed by atoms with Crippen molar-refractivity contribution >= 4 is 27.1 Å². The summed E-state index contributed by atoms with van der Waals surface area (Å²) >= 11 is 0. The summed E-state index contributed by atoms with van der Waals surface area (Å²) in [6.07, 6.45) is 1.98. The SMILES string of the molecule is O=C(O)N[C@@H](Cc1ccccc1)[C@H](O)CN(OC1CCCC1)S(=O)(=O)c1ccc2nc[nH]c2c1. The van der Waals surface area contributed by atoms with Crippen molar-refractivity contribution in [1.82, 2.24) is 19.8 Å². The first-order valence-electron chi connectivity index (χ1n) is 11.2. The van der Waals surface area contributed by atoms with E-state index in [0.29, 0.717) is 23.9 Å². The number of amides is 1. The van der Waals surface area contributed by atoms with Gasteiger partial charge in [-0.05, 0) is 43.0 Å². The monoisotopic (exact) mass is 488 g/mol. The number of hydrogen-bond donors (Lipinski definition) is 4. The summed E-state index contributed by atoms with van der Waals surface area (Å²) in [7, 11) is -4.16. The Kier molecular flexibility index (Phi) is 7.47. The Balaban J connectivity index is 1.60. The quantitative estimate of drug-likeness (QED) is 0.321. The first kappa shape index (κ1) is 24.1. The van der Waals surface area contributed by atoms with Gasteiger partial charge in [0.2, 0.25) is 0 Å². The number of fused-ring (bicyclic) bond motifs is 1. The van der Waals surface area contributed by atoms with Gasteiger partial charge in [-0.1, -0.05) is 47.6 Å². The topological polar surface area (TPSA) is 145 Å². The van der Waals surface area contributed by atoms with Crippen molar-refractivity contribution in [2.24, 2.45) is 0 Å². The highest BCUT2D eigenvalue weighted by Gasteiger charge is 2.34. The van der Waals surface area contributed by atoms with Gasteiger partial charge in [-0.15, -0.1) is 0 Å². The highest BCUT2D eigenvalue weighted by molar-refractivity contribution is 7.89. The van der Waals surface area contributed by atoms with Crippen LogP contribution < -0.4 is 5.32 Å². The third kappa shape index (κ3) is 5.73. The number of carbonyl (C=O) groups is 1. The van der Waals surface area contributed by atoms with E-state index in [1.807, 2.05) is 30.3 Å². The molecule has 10 nitrogen and oxygen atoms in total. The minimum absolute atomic E-state index is 0.0137. The first-order valence-corrected chi connectivity index (χ1v) is 12.6. The molecule has 1 saturated carbocycles. The summed E-state index contributed by atoms with van der Waals surface area (Å²) in [4.78, 5) is 24.3. The van der Waals surface area contributed by atoms with E-state index in [-0.39, 0.29) is 17.4 Å². The number of sulfonamides is 1. The van der Waals surface area contributed by atoms with Gasteiger partial charge in [-0.2, -0.15) is 0 Å². The number of aliphatic hydroxyl groups excluding tert-OH is 1. The Morgan fingerprint density at radius 1 is 1.21 bits per heavy atom. The van der Waals surface area contributed by atoms with E-state index in [1.165, 1.54) is 18.5 Å². The second-order valence-electron chi connectivity index (χ2n) is 8.40. The fraction of sp³-hybridized carbons (Fsp3) is 0.391. The molecule has 0 saturated heterocycles. The highest BCUT2D eigenvalue weighted by atomic mass is 32.2. The Morgan fingerprint density at radius 3 is 2.65 bits per heavy atom. The number of H-pyrrole nitrogens is 1. The van der Waals surface area contributed by atoms with Crippen LogP contribution in [0.15, 0.2) is 59.8 Å². The summed E-state index contributed by atoms with van der Waals surface area (Å²) in [6, 6.07) is 12.6. The van der Waals surface area contributed by atoms with Crippen LogP contribution in [0.25, 0.3) is 11.0 Å². The van der Waals surface area contributed by atoms with Crippen molar-refractivity contribution in [3.63, 3.8) is 0 Å². The molecule has 11 heteroatoms. The van der Waals surface area contributed by atoms with Crippen molar-refractivity contribution < 1.29 is 28.3 Å². The number of hydrogen-bond acceptors (Lipinski definition) is 6. The number of benzene rings is 2. The predicted octanol–water partition coefficient (Wildman–Crippen LogP) is 2.67. The Bertz CT molecular complexity index is 1210. The fourth-order valence-corrected chi connectivity index (χ4v) is 5.47. The first-order chi connectivity index (χ1) is 16.3. The second-order valence-corrected chi connectivity index (χ2v) is 10.2. The van der Waals surface area contributed by atoms with Gasteiger partial charge in [0.1, 0.15) is 0 Å². The molecule has 3 aromatic rings. The average Bonchev–Trinajstić information content (AvgIpc) is 3.50. The van der Waals surface area contributed by atoms with Crippen LogP contribution in [-0.4, -0.2) is 64.0 Å². The van der Waals surface area contributed by atoms with Gasteiger partial charge in [0.25, 0.3) is 10.0 Å². The van der Waals surface area contributed by atoms with Gasteiger partial charge in [-0.25, -0.2) is 18.2 Å². The van der Waals surface area contributed by atoms with Crippen LogP contribution in [0.5, 0.6) is 0 Å². The van der Waals surface area contributed by atoms with E-state index in [9.17, 15) is 23.4 Å². The molecule has 0 bridgehead atoms. The van der Waals surface area contributed by atoms with Gasteiger partial charge >= 0.3 is 6.09 Å². The van der Waals surface area contributed by atoms with E-state index >= 15 is 0 Å². The van der Waals surface area contributed by atoms with Gasteiger partial charge < -0.3 is 20.5 Å². The van der Waals surface area contributed by atoms with Gasteiger partial charge in [0.05, 0.1) is 47.1 Å². The molecule has 0 radical (unpaired) electrons. The van der Waals surface area contributed by atoms with Crippen LogP contribution >= 0.6 is 0 Å². The smallest absolute Gasteiger partial charge is 0.404 e. The van der Waals surface area contributed by atoms with E-state index < -0.39 is 34.8 Å². The molecule has 1 aliphatic carbocycles. The number of rotatable bonds is 10. The Morgan fingerprint density at radius 2 is 1.94 bits per heavy atom. The summed E-state index contributed by atoms with van der Waals surface area (Å²) in [5.41, 5.74) is 1.98. The maximum Gasteiger partial charge on any atom is 0.404 e. The largest absolute Gasteiger partial charge is 0.465 e. The molecule has 1 fully saturated rings. The van der Waals surface area contributed by atoms with Crippen LogP contribution in [0.2, 0.25) is 0 Å². The second kappa shape index (κ2) is 10.5. The van der Waals surface area contributed by atoms with E-state index in [0.717, 1.165) is 22.9 Å². The number of hydroxylamine groups is 1. The predicted molar refractivity (Wildman–Crippen MR) is 124 cm³/mol. The van der Waals surface area contributed by atoms with Crippen LogP contribution in [0.3, 0.4) is 0 Å². The molecular weight excluding hydrogens is 460 g/mol. The molecule has 2 atom stereocenters. The number of aliphatic hydroxyl groups is 1. The third-order valence-corrected chi connectivity index (χ3v) is 7.56. The van der Waals surface area contributed by atoms with Crippen LogP contribution in [-0.2, 0) is 21.3 Å². The molecule has 182 valence electrons. The molecule has 1 aromatic heterocycles. The van der Waals surface area contributed by atoms with Crippen LogP contribution in [0.1, 0.15) is 31.2 Å². The zero-order valence-electron chi connectivity index (χ0n) is 18.5. The number of nitrogens with one attached hydrogen (secondary N) is 2. The maximum atomic E-state index is 13.5. The van der Waals surface area contributed by atoms with Gasteiger partial charge in [-0.3, -0.25) is 4.84 Å². The highest BCUT2D eigenvalue weighted by Crippen LogP contribution is 2.27. The van der Waals surface area contributed by atoms with Gasteiger partial charge in [0.15, 0.2) is 0 Å². The van der Waals surface area contributed by atoms with Crippen molar-refractivity contribution in [3.8, 4) is 0 Å². The molecule has 34 heavy (non-hydrogen) atoms. The lowest BCUT2D eigenvalue weighted by molar-refractivity contribution is -0.145. The molecule has 0 aliphatic heterocycles. The van der Waals surface area contributed by atoms with E-state index in [2.05, 4.69) is 15.3 Å². The Labute approximate surface area is 197 Å². The number of aromatic amines is 1. The lowest BCUT2D eigenvalue weighted by atomic mass is 10.0. The number of aromatic nitrogens is 2. The fourth-order valence-electron chi connectivity index (χ4n) is 4.14. The molecule has 2 aromatic carbocycles. The average molecular weight is 489 g/mol. The summed E-state index contributed by atoms with van der Waals surface area (Å²) in [6.45, 7) is -0.433. The summed E-state index contributed by atoms with van der Waals surface area (Å²) in [5.74, 6) is 0. The lowest BCUT2D eigenvalue weighted by Gasteiger charge is -2.30. The number of carboxylic acid groups (broad SMARTS) is 1. The third-order valence-electron chi connectivity index (χ3n) is 5.93. The molecule has 1 heterocycles. The maximum absolute atomic E-state index is 13.5. The number of imidazole rings is 1. The zero-order valence-corrected chi connectivity index (χ0v) is 19.3. The van der Waals surface area contributed by atoms with Crippen molar-refractivity contribution in [2.45, 2.75) is 55.2 Å². The molecule has 4 rings (SSSR count). The van der Waals surface area contributed by atoms with Gasteiger partial charge in [0, 0.05) is 0 Å². The molecule has 0 spiro atoms. The molecule has 1 aliphatic rings. The summed E-state index contributed by atoms with van der Waals surface area (Å²) in [5, 5.41) is 22.6. The minimum atomic E-state index is -4.16. The minimum Gasteiger partial charge on any atom is -0.465 e. The van der Waals surface area contributed by atoms with Crippen LogP contribution in [0.4, 0.5) is 4.79 Å². The molecule has 4 N–H and O–H groups in total. The zero-order chi connectivity index (χ0) is 24.1. The van der Waals surface area contributed by atoms with E-state index in [4.69, 9.17) is 4.84 Å². The standard InChI is InChI=1S/C23H28N4O6S/c28-22(21(26-23(29)30)12-16-6-2-1-3-7-16)14-27(33-17-8-4-5-9-17)34(31,32)18-10-11-19-20(13-18)25-15-24-19/h1-3,6-7,10-11,13,15,17,21-22,26,28H,4-5,8-9,12,14H2,(H,24,25)(H,29,30)/t21-,22+/m0/s1. The number of nitrogens with zero attached hydrogens (tertiary/aromatic N) is 2. The Hall–Kier alpha value is -2.99. The molecular formula is C23H28N4O6S.